The summed E-state index contributed by atoms with van der Waals surface area (Å²) in [5.74, 6) is 1.17. The van der Waals surface area contributed by atoms with Gasteiger partial charge in [0, 0.05) is 12.6 Å². The smallest absolute Gasteiger partial charge is 0.0947 e. The quantitative estimate of drug-likeness (QED) is 0.901. The third-order valence-corrected chi connectivity index (χ3v) is 5.01. The van der Waals surface area contributed by atoms with Gasteiger partial charge in [-0.25, -0.2) is 0 Å². The monoisotopic (exact) mass is 289 g/mol. The summed E-state index contributed by atoms with van der Waals surface area (Å²) >= 11 is 0. The van der Waals surface area contributed by atoms with Crippen LogP contribution in [-0.2, 0) is 0 Å². The molecule has 1 aliphatic heterocycles. The number of aliphatic hydroxyl groups excluding tert-OH is 1. The van der Waals surface area contributed by atoms with E-state index in [1.165, 1.54) is 6.42 Å². The largest absolute Gasteiger partial charge is 0.387 e. The van der Waals surface area contributed by atoms with Gasteiger partial charge in [-0.1, -0.05) is 65.0 Å². The molecule has 3 atom stereocenters. The number of hydrogen-bond donors (Lipinski definition) is 1. The summed E-state index contributed by atoms with van der Waals surface area (Å²) in [7, 11) is 0. The fourth-order valence-corrected chi connectivity index (χ4v) is 3.60. The Morgan fingerprint density at radius 1 is 1.14 bits per heavy atom. The zero-order chi connectivity index (χ0) is 15.6. The molecule has 1 saturated heterocycles. The van der Waals surface area contributed by atoms with E-state index in [1.807, 2.05) is 30.3 Å². The van der Waals surface area contributed by atoms with Gasteiger partial charge in [-0.15, -0.1) is 0 Å². The van der Waals surface area contributed by atoms with Crippen molar-refractivity contribution in [2.24, 2.45) is 17.3 Å². The van der Waals surface area contributed by atoms with Crippen molar-refractivity contribution in [3.8, 4) is 0 Å². The molecule has 0 aliphatic carbocycles. The van der Waals surface area contributed by atoms with Gasteiger partial charge < -0.3 is 5.11 Å². The highest BCUT2D eigenvalue weighted by atomic mass is 16.3. The topological polar surface area (TPSA) is 23.5 Å². The van der Waals surface area contributed by atoms with Gasteiger partial charge in [0.15, 0.2) is 0 Å². The Balaban J connectivity index is 2.14. The lowest BCUT2D eigenvalue weighted by atomic mass is 9.80. The van der Waals surface area contributed by atoms with Crippen LogP contribution in [-0.4, -0.2) is 29.1 Å². The van der Waals surface area contributed by atoms with Crippen LogP contribution >= 0.6 is 0 Å². The molecule has 0 saturated carbocycles. The molecule has 0 aromatic heterocycles. The summed E-state index contributed by atoms with van der Waals surface area (Å²) in [6.07, 6.45) is 0.846. The van der Waals surface area contributed by atoms with Crippen LogP contribution in [0.5, 0.6) is 0 Å². The van der Waals surface area contributed by atoms with Gasteiger partial charge >= 0.3 is 0 Å². The molecular weight excluding hydrogens is 258 g/mol. The van der Waals surface area contributed by atoms with Crippen LogP contribution in [0.3, 0.4) is 0 Å². The Hall–Kier alpha value is -0.860. The van der Waals surface area contributed by atoms with E-state index in [4.69, 9.17) is 0 Å². The number of benzene rings is 1. The molecule has 1 fully saturated rings. The summed E-state index contributed by atoms with van der Waals surface area (Å²) in [5, 5.41) is 10.9. The lowest BCUT2D eigenvalue weighted by Gasteiger charge is -2.36. The molecule has 0 radical (unpaired) electrons. The van der Waals surface area contributed by atoms with Crippen LogP contribution in [0, 0.1) is 17.3 Å². The molecule has 1 N–H and O–H groups in total. The molecular formula is C19H31NO. The average molecular weight is 289 g/mol. The molecule has 0 spiro atoms. The van der Waals surface area contributed by atoms with Crippen molar-refractivity contribution in [3.05, 3.63) is 35.9 Å². The van der Waals surface area contributed by atoms with E-state index < -0.39 is 6.10 Å². The molecule has 118 valence electrons. The number of rotatable bonds is 4. The van der Waals surface area contributed by atoms with E-state index in [9.17, 15) is 5.11 Å². The van der Waals surface area contributed by atoms with Gasteiger partial charge in [0.25, 0.3) is 0 Å². The molecule has 1 aromatic carbocycles. The van der Waals surface area contributed by atoms with Gasteiger partial charge in [-0.3, -0.25) is 4.90 Å². The average Bonchev–Trinajstić information content (AvgIpc) is 2.89. The zero-order valence-electron chi connectivity index (χ0n) is 14.2. The fourth-order valence-electron chi connectivity index (χ4n) is 3.60. The normalized spacial score (nSPS) is 23.5. The van der Waals surface area contributed by atoms with Gasteiger partial charge in [0.1, 0.15) is 0 Å². The maximum absolute atomic E-state index is 10.9. The molecule has 1 aliphatic rings. The predicted molar refractivity (Wildman–Crippen MR) is 89.2 cm³/mol. The number of aliphatic hydroxyl groups is 1. The first-order valence-corrected chi connectivity index (χ1v) is 8.27. The van der Waals surface area contributed by atoms with Gasteiger partial charge in [0.2, 0.25) is 0 Å². The van der Waals surface area contributed by atoms with Crippen molar-refractivity contribution >= 4 is 0 Å². The summed E-state index contributed by atoms with van der Waals surface area (Å²) in [6, 6.07) is 10.3. The van der Waals surface area contributed by atoms with E-state index >= 15 is 0 Å². The summed E-state index contributed by atoms with van der Waals surface area (Å²) in [4.78, 5) is 2.51. The predicted octanol–water partition coefficient (Wildman–Crippen LogP) is 4.11. The molecule has 2 heteroatoms. The molecule has 1 aromatic rings. The van der Waals surface area contributed by atoms with Crippen LogP contribution in [0.15, 0.2) is 30.3 Å². The van der Waals surface area contributed by atoms with Gasteiger partial charge in [-0.2, -0.15) is 0 Å². The number of hydrogen-bond acceptors (Lipinski definition) is 2. The molecule has 0 amide bonds. The molecule has 1 heterocycles. The number of nitrogens with zero attached hydrogens (tertiary/aromatic N) is 1. The second-order valence-electron chi connectivity index (χ2n) is 7.94. The molecule has 3 unspecified atom stereocenters. The van der Waals surface area contributed by atoms with E-state index in [0.717, 1.165) is 24.6 Å². The first-order valence-electron chi connectivity index (χ1n) is 8.27. The Morgan fingerprint density at radius 2 is 1.76 bits per heavy atom. The minimum Gasteiger partial charge on any atom is -0.387 e. The zero-order valence-corrected chi connectivity index (χ0v) is 14.2. The third-order valence-electron chi connectivity index (χ3n) is 5.01. The maximum atomic E-state index is 10.9. The van der Waals surface area contributed by atoms with Crippen molar-refractivity contribution < 1.29 is 5.11 Å². The highest BCUT2D eigenvalue weighted by Crippen LogP contribution is 2.37. The third kappa shape index (κ3) is 3.87. The molecule has 21 heavy (non-hydrogen) atoms. The highest BCUT2D eigenvalue weighted by molar-refractivity contribution is 5.19. The highest BCUT2D eigenvalue weighted by Gasteiger charge is 2.38. The molecule has 0 bridgehead atoms. The van der Waals surface area contributed by atoms with E-state index in [1.54, 1.807) is 0 Å². The second kappa shape index (κ2) is 6.50. The van der Waals surface area contributed by atoms with Crippen molar-refractivity contribution in [2.45, 2.75) is 53.2 Å². The van der Waals surface area contributed by atoms with Crippen LogP contribution in [0.25, 0.3) is 0 Å². The van der Waals surface area contributed by atoms with E-state index in [2.05, 4.69) is 39.5 Å². The first kappa shape index (κ1) is 16.5. The Kier molecular flexibility index (Phi) is 5.11. The number of likely N-dealkylation sites (tertiary alicyclic amines) is 1. The summed E-state index contributed by atoms with van der Waals surface area (Å²) in [6.45, 7) is 13.7. The van der Waals surface area contributed by atoms with Crippen LogP contribution in [0.4, 0.5) is 0 Å². The standard InChI is InChI=1S/C19H31NO/c1-14(2)17(18(21)15-9-7-6-8-10-15)20-12-11-16(13-20)19(3,4)5/h6-10,14,16-18,21H,11-13H2,1-5H3. The van der Waals surface area contributed by atoms with Crippen LogP contribution in [0.1, 0.15) is 52.7 Å². The van der Waals surface area contributed by atoms with Crippen molar-refractivity contribution in [1.29, 1.82) is 0 Å². The Morgan fingerprint density at radius 3 is 2.24 bits per heavy atom. The summed E-state index contributed by atoms with van der Waals surface area (Å²) < 4.78 is 0. The van der Waals surface area contributed by atoms with Gasteiger partial charge in [0.05, 0.1) is 6.10 Å². The van der Waals surface area contributed by atoms with Crippen LogP contribution < -0.4 is 0 Å². The van der Waals surface area contributed by atoms with Crippen molar-refractivity contribution in [1.82, 2.24) is 4.90 Å². The summed E-state index contributed by atoms with van der Waals surface area (Å²) in [5.41, 5.74) is 1.39. The fraction of sp³-hybridized carbons (Fsp3) is 0.684. The first-order chi connectivity index (χ1) is 9.80. The van der Waals surface area contributed by atoms with Crippen LogP contribution in [0.2, 0.25) is 0 Å². The van der Waals surface area contributed by atoms with Gasteiger partial charge in [-0.05, 0) is 35.8 Å². The van der Waals surface area contributed by atoms with E-state index in [-0.39, 0.29) is 6.04 Å². The Bertz CT molecular complexity index is 435. The lowest BCUT2D eigenvalue weighted by molar-refractivity contribution is 0.0300. The Labute approximate surface area is 130 Å². The maximum Gasteiger partial charge on any atom is 0.0947 e. The SMILES string of the molecule is CC(C)C(C(O)c1ccccc1)N1CCC(C(C)(C)C)C1. The molecule has 2 nitrogen and oxygen atoms in total. The van der Waals surface area contributed by atoms with E-state index in [0.29, 0.717) is 11.3 Å². The minimum atomic E-state index is -0.398. The lowest BCUT2D eigenvalue weighted by Crippen LogP contribution is -2.42. The van der Waals surface area contributed by atoms with Crippen molar-refractivity contribution in [2.75, 3.05) is 13.1 Å². The minimum absolute atomic E-state index is 0.208. The molecule has 2 rings (SSSR count). The van der Waals surface area contributed by atoms with Crippen molar-refractivity contribution in [3.63, 3.8) is 0 Å². The second-order valence-corrected chi connectivity index (χ2v) is 7.94.